The highest BCUT2D eigenvalue weighted by Crippen LogP contribution is 2.37. The average molecular weight is 251 g/mol. The Morgan fingerprint density at radius 1 is 1.11 bits per heavy atom. The molecule has 19 heavy (non-hydrogen) atoms. The van der Waals surface area contributed by atoms with Crippen LogP contribution in [0.15, 0.2) is 53.3 Å². The van der Waals surface area contributed by atoms with E-state index in [1.54, 1.807) is 12.4 Å². The van der Waals surface area contributed by atoms with Gasteiger partial charge in [-0.3, -0.25) is 4.98 Å². The zero-order valence-corrected chi connectivity index (χ0v) is 10.5. The van der Waals surface area contributed by atoms with Gasteiger partial charge in [0.05, 0.1) is 5.56 Å². The second-order valence-electron chi connectivity index (χ2n) is 4.33. The maximum atomic E-state index is 5.95. The Hall–Kier alpha value is -2.62. The van der Waals surface area contributed by atoms with Crippen LogP contribution in [-0.4, -0.2) is 10.1 Å². The molecule has 3 aromatic rings. The van der Waals surface area contributed by atoms with Crippen molar-refractivity contribution in [1.82, 2.24) is 10.1 Å². The van der Waals surface area contributed by atoms with Crippen molar-refractivity contribution < 1.29 is 4.52 Å². The Labute approximate surface area is 110 Å². The third-order valence-electron chi connectivity index (χ3n) is 3.06. The molecule has 0 amide bonds. The lowest BCUT2D eigenvalue weighted by atomic mass is 9.98. The fourth-order valence-electron chi connectivity index (χ4n) is 2.11. The highest BCUT2D eigenvalue weighted by Gasteiger charge is 2.18. The topological polar surface area (TPSA) is 64.9 Å². The van der Waals surface area contributed by atoms with Crippen LogP contribution in [0.25, 0.3) is 22.5 Å². The average Bonchev–Trinajstić information content (AvgIpc) is 2.82. The first-order valence-corrected chi connectivity index (χ1v) is 5.99. The predicted octanol–water partition coefficient (Wildman–Crippen LogP) is 3.29. The van der Waals surface area contributed by atoms with Crippen molar-refractivity contribution in [1.29, 1.82) is 0 Å². The lowest BCUT2D eigenvalue weighted by Gasteiger charge is -2.05. The molecular weight excluding hydrogens is 238 g/mol. The van der Waals surface area contributed by atoms with Crippen LogP contribution in [0.4, 0.5) is 5.82 Å². The number of hydrogen-bond acceptors (Lipinski definition) is 4. The number of aryl methyl sites for hydroxylation is 1. The van der Waals surface area contributed by atoms with Crippen molar-refractivity contribution in [2.45, 2.75) is 6.92 Å². The molecule has 3 rings (SSSR count). The fourth-order valence-corrected chi connectivity index (χ4v) is 2.11. The fraction of sp³-hybridized carbons (Fsp3) is 0.0667. The number of hydrogen-bond donors (Lipinski definition) is 1. The zero-order chi connectivity index (χ0) is 13.2. The van der Waals surface area contributed by atoms with Crippen LogP contribution >= 0.6 is 0 Å². The van der Waals surface area contributed by atoms with Gasteiger partial charge in [0.1, 0.15) is 0 Å². The summed E-state index contributed by atoms with van der Waals surface area (Å²) in [6.07, 6.45) is 3.46. The SMILES string of the molecule is Cc1ccccc1-c1c(N)noc1-c1cccnc1. The molecule has 0 saturated carbocycles. The largest absolute Gasteiger partial charge is 0.380 e. The summed E-state index contributed by atoms with van der Waals surface area (Å²) >= 11 is 0. The minimum atomic E-state index is 0.396. The molecule has 0 atom stereocenters. The molecule has 0 radical (unpaired) electrons. The van der Waals surface area contributed by atoms with E-state index in [-0.39, 0.29) is 0 Å². The van der Waals surface area contributed by atoms with Crippen molar-refractivity contribution in [3.05, 3.63) is 54.4 Å². The molecule has 0 spiro atoms. The molecule has 0 fully saturated rings. The Balaban J connectivity index is 2.23. The molecule has 2 aromatic heterocycles. The first-order chi connectivity index (χ1) is 9.27. The van der Waals surface area contributed by atoms with Crippen LogP contribution < -0.4 is 5.73 Å². The lowest BCUT2D eigenvalue weighted by Crippen LogP contribution is -1.91. The smallest absolute Gasteiger partial charge is 0.178 e. The monoisotopic (exact) mass is 251 g/mol. The maximum absolute atomic E-state index is 5.95. The first kappa shape index (κ1) is 11.5. The van der Waals surface area contributed by atoms with Crippen LogP contribution in [0.1, 0.15) is 5.56 Å². The number of rotatable bonds is 2. The highest BCUT2D eigenvalue weighted by atomic mass is 16.5. The number of pyridine rings is 1. The van der Waals surface area contributed by atoms with Gasteiger partial charge in [-0.05, 0) is 30.2 Å². The Morgan fingerprint density at radius 3 is 2.68 bits per heavy atom. The molecule has 4 heteroatoms. The molecule has 0 saturated heterocycles. The van der Waals surface area contributed by atoms with Crippen LogP contribution in [-0.2, 0) is 0 Å². The second-order valence-corrected chi connectivity index (χ2v) is 4.33. The quantitative estimate of drug-likeness (QED) is 0.759. The molecule has 0 aliphatic rings. The van der Waals surface area contributed by atoms with Gasteiger partial charge < -0.3 is 10.3 Å². The van der Waals surface area contributed by atoms with E-state index < -0.39 is 0 Å². The number of benzene rings is 1. The van der Waals surface area contributed by atoms with Gasteiger partial charge >= 0.3 is 0 Å². The molecule has 4 nitrogen and oxygen atoms in total. The van der Waals surface area contributed by atoms with Crippen molar-refractivity contribution >= 4 is 5.82 Å². The van der Waals surface area contributed by atoms with E-state index in [0.29, 0.717) is 11.6 Å². The van der Waals surface area contributed by atoms with Crippen molar-refractivity contribution in [3.8, 4) is 22.5 Å². The molecule has 94 valence electrons. The molecule has 2 heterocycles. The number of nitrogen functional groups attached to an aromatic ring is 1. The minimum absolute atomic E-state index is 0.396. The van der Waals surface area contributed by atoms with Crippen molar-refractivity contribution in [2.24, 2.45) is 0 Å². The summed E-state index contributed by atoms with van der Waals surface area (Å²) in [5.74, 6) is 1.05. The summed E-state index contributed by atoms with van der Waals surface area (Å²) in [4.78, 5) is 4.10. The molecule has 1 aromatic carbocycles. The summed E-state index contributed by atoms with van der Waals surface area (Å²) < 4.78 is 5.38. The third-order valence-corrected chi connectivity index (χ3v) is 3.06. The van der Waals surface area contributed by atoms with Crippen LogP contribution in [0, 0.1) is 6.92 Å². The molecule has 0 bridgehead atoms. The van der Waals surface area contributed by atoms with Gasteiger partial charge in [-0.1, -0.05) is 29.4 Å². The van der Waals surface area contributed by atoms with Gasteiger partial charge in [0.15, 0.2) is 11.6 Å². The van der Waals surface area contributed by atoms with E-state index >= 15 is 0 Å². The van der Waals surface area contributed by atoms with E-state index in [1.807, 2.05) is 43.3 Å². The van der Waals surface area contributed by atoms with Crippen molar-refractivity contribution in [2.75, 3.05) is 5.73 Å². The summed E-state index contributed by atoms with van der Waals surface area (Å²) in [5.41, 5.74) is 9.80. The molecule has 0 unspecified atom stereocenters. The van der Waals surface area contributed by atoms with Crippen LogP contribution in [0.5, 0.6) is 0 Å². The van der Waals surface area contributed by atoms with Crippen LogP contribution in [0.2, 0.25) is 0 Å². The Morgan fingerprint density at radius 2 is 1.95 bits per heavy atom. The zero-order valence-electron chi connectivity index (χ0n) is 10.5. The van der Waals surface area contributed by atoms with Gasteiger partial charge in [0.2, 0.25) is 0 Å². The first-order valence-electron chi connectivity index (χ1n) is 5.99. The van der Waals surface area contributed by atoms with Gasteiger partial charge in [-0.15, -0.1) is 0 Å². The van der Waals surface area contributed by atoms with Gasteiger partial charge in [-0.2, -0.15) is 0 Å². The minimum Gasteiger partial charge on any atom is -0.380 e. The van der Waals surface area contributed by atoms with Crippen LogP contribution in [0.3, 0.4) is 0 Å². The summed E-state index contributed by atoms with van der Waals surface area (Å²) in [5, 5.41) is 3.89. The van der Waals surface area contributed by atoms with E-state index in [2.05, 4.69) is 10.1 Å². The molecule has 2 N–H and O–H groups in total. The molecule has 0 aliphatic carbocycles. The number of aromatic nitrogens is 2. The van der Waals surface area contributed by atoms with Gasteiger partial charge in [0, 0.05) is 18.0 Å². The van der Waals surface area contributed by atoms with E-state index in [1.165, 1.54) is 0 Å². The van der Waals surface area contributed by atoms with E-state index in [9.17, 15) is 0 Å². The van der Waals surface area contributed by atoms with Crippen molar-refractivity contribution in [3.63, 3.8) is 0 Å². The lowest BCUT2D eigenvalue weighted by molar-refractivity contribution is 0.436. The molecular formula is C15H13N3O. The third kappa shape index (κ3) is 1.97. The molecule has 0 aliphatic heterocycles. The van der Waals surface area contributed by atoms with Gasteiger partial charge in [0.25, 0.3) is 0 Å². The maximum Gasteiger partial charge on any atom is 0.178 e. The number of nitrogens with two attached hydrogens (primary N) is 1. The van der Waals surface area contributed by atoms with E-state index in [4.69, 9.17) is 10.3 Å². The normalized spacial score (nSPS) is 10.6. The summed E-state index contributed by atoms with van der Waals surface area (Å²) in [6.45, 7) is 2.04. The second kappa shape index (κ2) is 4.57. The van der Waals surface area contributed by atoms with Gasteiger partial charge in [-0.25, -0.2) is 0 Å². The Kier molecular flexibility index (Phi) is 2.76. The Bertz CT molecular complexity index is 704. The summed E-state index contributed by atoms with van der Waals surface area (Å²) in [7, 11) is 0. The van der Waals surface area contributed by atoms with E-state index in [0.717, 1.165) is 22.3 Å². The number of nitrogens with zero attached hydrogens (tertiary/aromatic N) is 2. The number of anilines is 1. The standard InChI is InChI=1S/C15H13N3O/c1-10-5-2-3-7-12(10)13-14(19-18-15(13)16)11-6-4-8-17-9-11/h2-9H,1H3,(H2,16,18). The predicted molar refractivity (Wildman–Crippen MR) is 74.3 cm³/mol. The highest BCUT2D eigenvalue weighted by molar-refractivity contribution is 5.87. The summed E-state index contributed by atoms with van der Waals surface area (Å²) in [6, 6.07) is 11.8.